The zero-order valence-corrected chi connectivity index (χ0v) is 16.2. The quantitative estimate of drug-likeness (QED) is 0.327. The van der Waals surface area contributed by atoms with Gasteiger partial charge >= 0.3 is 11.9 Å². The first-order valence-corrected chi connectivity index (χ1v) is 8.71. The van der Waals surface area contributed by atoms with E-state index in [0.717, 1.165) is 0 Å². The summed E-state index contributed by atoms with van der Waals surface area (Å²) in [6, 6.07) is 16.5. The standard InChI is InChI=1S/C22H22O6/c1-21(2,17(23)15-11-7-5-8-12-15)19(25)27-28-20(26)22(3,4)18(24)16-13-9-6-10-14-16/h5-14H,1-4H3. The van der Waals surface area contributed by atoms with Gasteiger partial charge in [-0.3, -0.25) is 9.59 Å². The normalized spacial score (nSPS) is 11.4. The molecular formula is C22H22O6. The van der Waals surface area contributed by atoms with Crippen LogP contribution in [0, 0.1) is 10.8 Å². The van der Waals surface area contributed by atoms with Crippen LogP contribution in [0.4, 0.5) is 0 Å². The van der Waals surface area contributed by atoms with E-state index in [2.05, 4.69) is 9.78 Å². The second-order valence-corrected chi connectivity index (χ2v) is 7.38. The number of hydrogen-bond acceptors (Lipinski definition) is 6. The second kappa shape index (κ2) is 8.17. The Morgan fingerprint density at radius 3 is 1.14 bits per heavy atom. The highest BCUT2D eigenvalue weighted by atomic mass is 17.2. The minimum Gasteiger partial charge on any atom is -0.293 e. The maximum atomic E-state index is 12.5. The van der Waals surface area contributed by atoms with Crippen LogP contribution >= 0.6 is 0 Å². The number of rotatable bonds is 6. The third-order valence-electron chi connectivity index (χ3n) is 4.42. The lowest BCUT2D eigenvalue weighted by Gasteiger charge is -2.22. The smallest absolute Gasteiger partial charge is 0.293 e. The van der Waals surface area contributed by atoms with Crippen molar-refractivity contribution in [2.24, 2.45) is 10.8 Å². The van der Waals surface area contributed by atoms with Crippen molar-refractivity contribution in [3.05, 3.63) is 71.8 Å². The zero-order chi connectivity index (χ0) is 20.9. The van der Waals surface area contributed by atoms with Gasteiger partial charge in [0.25, 0.3) is 0 Å². The molecule has 2 aromatic carbocycles. The van der Waals surface area contributed by atoms with Gasteiger partial charge in [-0.25, -0.2) is 19.4 Å². The molecule has 28 heavy (non-hydrogen) atoms. The number of benzene rings is 2. The fourth-order valence-corrected chi connectivity index (χ4v) is 2.37. The van der Waals surface area contributed by atoms with E-state index in [1.54, 1.807) is 60.7 Å². The van der Waals surface area contributed by atoms with Crippen LogP contribution in [0.2, 0.25) is 0 Å². The summed E-state index contributed by atoms with van der Waals surface area (Å²) in [5.41, 5.74) is -2.49. The molecule has 2 rings (SSSR count). The van der Waals surface area contributed by atoms with Crippen molar-refractivity contribution >= 4 is 23.5 Å². The Morgan fingerprint density at radius 2 is 0.857 bits per heavy atom. The minimum absolute atomic E-state index is 0.329. The number of carbonyl (C=O) groups is 4. The highest BCUT2D eigenvalue weighted by Gasteiger charge is 2.43. The van der Waals surface area contributed by atoms with Gasteiger partial charge in [0.1, 0.15) is 10.8 Å². The number of hydrogen-bond donors (Lipinski definition) is 0. The average Bonchev–Trinajstić information content (AvgIpc) is 2.71. The third kappa shape index (κ3) is 4.34. The summed E-state index contributed by atoms with van der Waals surface area (Å²) in [7, 11) is 0. The summed E-state index contributed by atoms with van der Waals surface area (Å²) in [4.78, 5) is 59.0. The Hall–Kier alpha value is -3.28. The lowest BCUT2D eigenvalue weighted by molar-refractivity contribution is -0.268. The fraction of sp³-hybridized carbons (Fsp3) is 0.273. The Balaban J connectivity index is 2.05. The van der Waals surface area contributed by atoms with E-state index in [1.165, 1.54) is 27.7 Å². The van der Waals surface area contributed by atoms with E-state index in [-0.39, 0.29) is 0 Å². The van der Waals surface area contributed by atoms with Crippen LogP contribution < -0.4 is 0 Å². The number of ketones is 2. The third-order valence-corrected chi connectivity index (χ3v) is 4.42. The SMILES string of the molecule is CC(C)(C(=O)OOC(=O)C(C)(C)C(=O)c1ccccc1)C(=O)c1ccccc1. The van der Waals surface area contributed by atoms with Crippen LogP contribution in [0.15, 0.2) is 60.7 Å². The Kier molecular flexibility index (Phi) is 6.13. The van der Waals surface area contributed by atoms with Gasteiger partial charge in [-0.2, -0.15) is 0 Å². The monoisotopic (exact) mass is 382 g/mol. The molecule has 0 saturated heterocycles. The Morgan fingerprint density at radius 1 is 0.571 bits per heavy atom. The van der Waals surface area contributed by atoms with Crippen LogP contribution in [-0.4, -0.2) is 23.5 Å². The molecule has 146 valence electrons. The molecule has 0 amide bonds. The molecule has 0 heterocycles. The van der Waals surface area contributed by atoms with Crippen molar-refractivity contribution in [2.45, 2.75) is 27.7 Å². The number of Topliss-reactive ketones (excluding diaryl/α,β-unsaturated/α-hetero) is 2. The van der Waals surface area contributed by atoms with Gasteiger partial charge in [0.15, 0.2) is 11.6 Å². The van der Waals surface area contributed by atoms with E-state index >= 15 is 0 Å². The summed E-state index contributed by atoms with van der Waals surface area (Å²) in [6.07, 6.45) is 0. The van der Waals surface area contributed by atoms with E-state index < -0.39 is 34.3 Å². The molecule has 0 fully saturated rings. The predicted octanol–water partition coefficient (Wildman–Crippen LogP) is 3.81. The molecule has 0 aromatic heterocycles. The van der Waals surface area contributed by atoms with E-state index in [9.17, 15) is 19.2 Å². The zero-order valence-electron chi connectivity index (χ0n) is 16.2. The van der Waals surface area contributed by atoms with Crippen molar-refractivity contribution in [1.82, 2.24) is 0 Å². The minimum atomic E-state index is -1.57. The molecule has 0 aliphatic heterocycles. The molecule has 0 aliphatic rings. The summed E-state index contributed by atoms with van der Waals surface area (Å²) in [5.74, 6) is -3.02. The highest BCUT2D eigenvalue weighted by molar-refractivity contribution is 6.13. The molecule has 6 heteroatoms. The Labute approximate surface area is 163 Å². The van der Waals surface area contributed by atoms with Gasteiger partial charge in [0, 0.05) is 11.1 Å². The summed E-state index contributed by atoms with van der Waals surface area (Å²) in [6.45, 7) is 5.50. The summed E-state index contributed by atoms with van der Waals surface area (Å²) >= 11 is 0. The van der Waals surface area contributed by atoms with Gasteiger partial charge in [-0.15, -0.1) is 0 Å². The van der Waals surface area contributed by atoms with Crippen LogP contribution in [0.1, 0.15) is 48.4 Å². The maximum Gasteiger partial charge on any atom is 0.368 e. The molecule has 2 aromatic rings. The Bertz CT molecular complexity index is 806. The van der Waals surface area contributed by atoms with Gasteiger partial charge < -0.3 is 0 Å². The number of carbonyl (C=O) groups excluding carboxylic acids is 4. The predicted molar refractivity (Wildman–Crippen MR) is 101 cm³/mol. The van der Waals surface area contributed by atoms with Crippen molar-refractivity contribution < 1.29 is 29.0 Å². The topological polar surface area (TPSA) is 86.7 Å². The van der Waals surface area contributed by atoms with Crippen molar-refractivity contribution in [2.75, 3.05) is 0 Å². The van der Waals surface area contributed by atoms with E-state index in [1.807, 2.05) is 0 Å². The first-order chi connectivity index (χ1) is 13.1. The lowest BCUT2D eigenvalue weighted by Crippen LogP contribution is -2.39. The molecular weight excluding hydrogens is 360 g/mol. The van der Waals surface area contributed by atoms with E-state index in [0.29, 0.717) is 11.1 Å². The molecule has 0 spiro atoms. The molecule has 0 radical (unpaired) electrons. The largest absolute Gasteiger partial charge is 0.368 e. The highest BCUT2D eigenvalue weighted by Crippen LogP contribution is 2.27. The van der Waals surface area contributed by atoms with Crippen LogP contribution in [0.5, 0.6) is 0 Å². The van der Waals surface area contributed by atoms with Crippen LogP contribution in [-0.2, 0) is 19.4 Å². The van der Waals surface area contributed by atoms with Crippen molar-refractivity contribution in [1.29, 1.82) is 0 Å². The average molecular weight is 382 g/mol. The van der Waals surface area contributed by atoms with Crippen molar-refractivity contribution in [3.63, 3.8) is 0 Å². The summed E-state index contributed by atoms with van der Waals surface area (Å²) < 4.78 is 0. The van der Waals surface area contributed by atoms with Gasteiger partial charge in [0.2, 0.25) is 0 Å². The van der Waals surface area contributed by atoms with Gasteiger partial charge in [-0.05, 0) is 27.7 Å². The van der Waals surface area contributed by atoms with Gasteiger partial charge in [0.05, 0.1) is 0 Å². The molecule has 6 nitrogen and oxygen atoms in total. The molecule has 0 bridgehead atoms. The molecule has 0 aliphatic carbocycles. The summed E-state index contributed by atoms with van der Waals surface area (Å²) in [5, 5.41) is 0. The molecule has 0 saturated carbocycles. The first kappa shape index (κ1) is 21.0. The molecule has 0 atom stereocenters. The molecule has 0 N–H and O–H groups in total. The second-order valence-electron chi connectivity index (χ2n) is 7.38. The van der Waals surface area contributed by atoms with Crippen LogP contribution in [0.3, 0.4) is 0 Å². The van der Waals surface area contributed by atoms with Crippen molar-refractivity contribution in [3.8, 4) is 0 Å². The molecule has 0 unspecified atom stereocenters. The van der Waals surface area contributed by atoms with Gasteiger partial charge in [-0.1, -0.05) is 60.7 Å². The van der Waals surface area contributed by atoms with E-state index in [4.69, 9.17) is 0 Å². The van der Waals surface area contributed by atoms with Crippen LogP contribution in [0.25, 0.3) is 0 Å². The maximum absolute atomic E-state index is 12.5. The fourth-order valence-electron chi connectivity index (χ4n) is 2.37. The lowest BCUT2D eigenvalue weighted by atomic mass is 9.84. The first-order valence-electron chi connectivity index (χ1n) is 8.71.